The van der Waals surface area contributed by atoms with E-state index in [1.807, 2.05) is 6.07 Å². The highest BCUT2D eigenvalue weighted by molar-refractivity contribution is 6.33. The minimum atomic E-state index is -0.271. The van der Waals surface area contributed by atoms with Crippen LogP contribution in [0.15, 0.2) is 34.9 Å². The molecule has 0 radical (unpaired) electrons. The molecule has 3 heterocycles. The molecule has 0 bridgehead atoms. The van der Waals surface area contributed by atoms with Crippen LogP contribution < -0.4 is 11.1 Å². The fraction of sp³-hybridized carbons (Fsp3) is 0.316. The predicted molar refractivity (Wildman–Crippen MR) is 103 cm³/mol. The maximum atomic E-state index is 12.4. The standard InChI is InChI=1S/C19H20ClN5O2/c20-16-6-5-13(22-19(26)12-8-14(10-21)27-11-12)9-15(16)18-24-23-17-4-2-1-3-7-25(17)18/h5-6,8-9,11H,1-4,7,10,21H2,(H,22,26). The van der Waals surface area contributed by atoms with E-state index >= 15 is 0 Å². The van der Waals surface area contributed by atoms with Gasteiger partial charge in [0.05, 0.1) is 17.1 Å². The Morgan fingerprint density at radius 1 is 1.26 bits per heavy atom. The van der Waals surface area contributed by atoms with Gasteiger partial charge in [-0.1, -0.05) is 18.0 Å². The summed E-state index contributed by atoms with van der Waals surface area (Å²) in [6.45, 7) is 1.12. The number of nitrogens with one attached hydrogen (secondary N) is 1. The van der Waals surface area contributed by atoms with Crippen molar-refractivity contribution in [3.63, 3.8) is 0 Å². The van der Waals surface area contributed by atoms with Crippen LogP contribution in [-0.2, 0) is 19.5 Å². The lowest BCUT2D eigenvalue weighted by Crippen LogP contribution is -2.11. The Morgan fingerprint density at radius 3 is 2.96 bits per heavy atom. The number of hydrogen-bond donors (Lipinski definition) is 2. The first-order valence-electron chi connectivity index (χ1n) is 8.96. The molecule has 1 aromatic carbocycles. The number of benzene rings is 1. The van der Waals surface area contributed by atoms with Gasteiger partial charge in [0.25, 0.3) is 5.91 Å². The number of aromatic nitrogens is 3. The van der Waals surface area contributed by atoms with Gasteiger partial charge in [-0.3, -0.25) is 4.79 Å². The third-order valence-corrected chi connectivity index (χ3v) is 5.02. The molecule has 8 heteroatoms. The molecule has 1 aliphatic rings. The third kappa shape index (κ3) is 3.61. The molecule has 2 aromatic heterocycles. The third-order valence-electron chi connectivity index (χ3n) is 4.69. The van der Waals surface area contributed by atoms with Crippen molar-refractivity contribution in [3.8, 4) is 11.4 Å². The number of furan rings is 1. The minimum Gasteiger partial charge on any atom is -0.467 e. The van der Waals surface area contributed by atoms with E-state index in [4.69, 9.17) is 21.8 Å². The van der Waals surface area contributed by atoms with Crippen LogP contribution >= 0.6 is 11.6 Å². The second-order valence-electron chi connectivity index (χ2n) is 6.56. The van der Waals surface area contributed by atoms with Crippen molar-refractivity contribution < 1.29 is 9.21 Å². The van der Waals surface area contributed by atoms with E-state index in [2.05, 4.69) is 20.1 Å². The normalized spacial score (nSPS) is 13.9. The number of aryl methyl sites for hydroxylation is 1. The molecule has 3 aromatic rings. The van der Waals surface area contributed by atoms with E-state index in [1.54, 1.807) is 18.2 Å². The largest absolute Gasteiger partial charge is 0.467 e. The topological polar surface area (TPSA) is 99.0 Å². The number of halogens is 1. The van der Waals surface area contributed by atoms with Gasteiger partial charge in [-0.05, 0) is 37.1 Å². The summed E-state index contributed by atoms with van der Waals surface area (Å²) in [7, 11) is 0. The zero-order valence-electron chi connectivity index (χ0n) is 14.7. The molecule has 0 atom stereocenters. The molecule has 1 aliphatic heterocycles. The number of carbonyl (C=O) groups is 1. The van der Waals surface area contributed by atoms with Crippen molar-refractivity contribution in [2.24, 2.45) is 5.73 Å². The zero-order valence-corrected chi connectivity index (χ0v) is 15.5. The smallest absolute Gasteiger partial charge is 0.258 e. The van der Waals surface area contributed by atoms with Gasteiger partial charge in [-0.2, -0.15) is 0 Å². The molecule has 140 valence electrons. The first kappa shape index (κ1) is 17.8. The second-order valence-corrected chi connectivity index (χ2v) is 6.96. The number of amides is 1. The van der Waals surface area contributed by atoms with Crippen LogP contribution in [0.4, 0.5) is 5.69 Å². The van der Waals surface area contributed by atoms with E-state index in [0.29, 0.717) is 22.0 Å². The second kappa shape index (κ2) is 7.54. The van der Waals surface area contributed by atoms with Gasteiger partial charge < -0.3 is 20.0 Å². The number of rotatable bonds is 4. The number of nitrogens with zero attached hydrogens (tertiary/aromatic N) is 3. The summed E-state index contributed by atoms with van der Waals surface area (Å²) in [4.78, 5) is 12.4. The number of hydrogen-bond acceptors (Lipinski definition) is 5. The van der Waals surface area contributed by atoms with Gasteiger partial charge in [0.15, 0.2) is 5.82 Å². The summed E-state index contributed by atoms with van der Waals surface area (Å²) in [5.41, 5.74) is 7.32. The highest BCUT2D eigenvalue weighted by Gasteiger charge is 2.19. The summed E-state index contributed by atoms with van der Waals surface area (Å²) in [5, 5.41) is 12.1. The maximum absolute atomic E-state index is 12.4. The Morgan fingerprint density at radius 2 is 2.15 bits per heavy atom. The molecule has 4 rings (SSSR count). The molecule has 0 fully saturated rings. The van der Waals surface area contributed by atoms with E-state index in [0.717, 1.165) is 43.0 Å². The van der Waals surface area contributed by atoms with E-state index < -0.39 is 0 Å². The van der Waals surface area contributed by atoms with Crippen molar-refractivity contribution in [2.45, 2.75) is 38.8 Å². The molecular weight excluding hydrogens is 366 g/mol. The number of nitrogens with two attached hydrogens (primary N) is 1. The summed E-state index contributed by atoms with van der Waals surface area (Å²) in [6, 6.07) is 6.97. The lowest BCUT2D eigenvalue weighted by atomic mass is 10.1. The molecule has 0 saturated heterocycles. The van der Waals surface area contributed by atoms with Crippen LogP contribution in [-0.4, -0.2) is 20.7 Å². The highest BCUT2D eigenvalue weighted by atomic mass is 35.5. The molecule has 7 nitrogen and oxygen atoms in total. The van der Waals surface area contributed by atoms with Crippen LogP contribution in [0, 0.1) is 0 Å². The van der Waals surface area contributed by atoms with Crippen molar-refractivity contribution in [1.29, 1.82) is 0 Å². The maximum Gasteiger partial charge on any atom is 0.258 e. The van der Waals surface area contributed by atoms with Crippen LogP contribution in [0.3, 0.4) is 0 Å². The van der Waals surface area contributed by atoms with Crippen LogP contribution in [0.5, 0.6) is 0 Å². The van der Waals surface area contributed by atoms with Crippen molar-refractivity contribution in [1.82, 2.24) is 14.8 Å². The van der Waals surface area contributed by atoms with E-state index in [1.165, 1.54) is 12.7 Å². The summed E-state index contributed by atoms with van der Waals surface area (Å²) in [6.07, 6.45) is 5.72. The summed E-state index contributed by atoms with van der Waals surface area (Å²) < 4.78 is 7.35. The van der Waals surface area contributed by atoms with Crippen LogP contribution in [0.2, 0.25) is 5.02 Å². The Labute approximate surface area is 161 Å². The molecule has 0 aliphatic carbocycles. The molecule has 0 unspecified atom stereocenters. The number of anilines is 1. The van der Waals surface area contributed by atoms with Crippen molar-refractivity contribution >= 4 is 23.2 Å². The lowest BCUT2D eigenvalue weighted by molar-refractivity contribution is 0.102. The molecule has 3 N–H and O–H groups in total. The van der Waals surface area contributed by atoms with Gasteiger partial charge in [0, 0.05) is 24.2 Å². The van der Waals surface area contributed by atoms with Crippen molar-refractivity contribution in [2.75, 3.05) is 5.32 Å². The molecule has 0 saturated carbocycles. The van der Waals surface area contributed by atoms with Gasteiger partial charge in [-0.15, -0.1) is 10.2 Å². The fourth-order valence-electron chi connectivity index (χ4n) is 3.27. The highest BCUT2D eigenvalue weighted by Crippen LogP contribution is 2.31. The minimum absolute atomic E-state index is 0.246. The van der Waals surface area contributed by atoms with Crippen LogP contribution in [0.25, 0.3) is 11.4 Å². The van der Waals surface area contributed by atoms with Gasteiger partial charge in [0.2, 0.25) is 0 Å². The number of carbonyl (C=O) groups excluding carboxylic acids is 1. The van der Waals surface area contributed by atoms with E-state index in [9.17, 15) is 4.79 Å². The predicted octanol–water partition coefficient (Wildman–Crippen LogP) is 3.63. The Hall–Kier alpha value is -2.64. The van der Waals surface area contributed by atoms with E-state index in [-0.39, 0.29) is 12.5 Å². The summed E-state index contributed by atoms with van der Waals surface area (Å²) in [5.74, 6) is 2.01. The average molecular weight is 386 g/mol. The van der Waals surface area contributed by atoms with Gasteiger partial charge in [-0.25, -0.2) is 0 Å². The Balaban J connectivity index is 1.62. The Bertz CT molecular complexity index is 978. The monoisotopic (exact) mass is 385 g/mol. The summed E-state index contributed by atoms with van der Waals surface area (Å²) >= 11 is 6.42. The van der Waals surface area contributed by atoms with Gasteiger partial charge in [0.1, 0.15) is 17.8 Å². The van der Waals surface area contributed by atoms with Crippen molar-refractivity contribution in [3.05, 3.63) is 52.7 Å². The molecular formula is C19H20ClN5O2. The van der Waals surface area contributed by atoms with Gasteiger partial charge >= 0.3 is 0 Å². The molecule has 27 heavy (non-hydrogen) atoms. The lowest BCUT2D eigenvalue weighted by Gasteiger charge is -2.11. The Kier molecular flexibility index (Phi) is 4.96. The molecule has 0 spiro atoms. The number of fused-ring (bicyclic) bond motifs is 1. The first-order chi connectivity index (χ1) is 13.2. The molecule has 1 amide bonds. The van der Waals surface area contributed by atoms with Crippen LogP contribution in [0.1, 0.15) is 41.2 Å². The SMILES string of the molecule is NCc1cc(C(=O)Nc2ccc(Cl)c(-c3nnc4n3CCCCC4)c2)co1. The quantitative estimate of drug-likeness (QED) is 0.714. The fourth-order valence-corrected chi connectivity index (χ4v) is 3.47. The average Bonchev–Trinajstić information content (AvgIpc) is 3.25. The zero-order chi connectivity index (χ0) is 18.8. The first-order valence-corrected chi connectivity index (χ1v) is 9.34.